The molecule has 1 aliphatic rings. The minimum Gasteiger partial charge on any atom is -0.376 e. The third-order valence-electron chi connectivity index (χ3n) is 2.14. The Labute approximate surface area is 76.8 Å². The van der Waals surface area contributed by atoms with Crippen LogP contribution in [-0.2, 0) is 12.8 Å². The Balaban J connectivity index is 2.23. The fraction of sp³-hybridized carbons (Fsp3) is 0.222. The van der Waals surface area contributed by atoms with E-state index in [0.29, 0.717) is 5.11 Å². The van der Waals surface area contributed by atoms with Crippen molar-refractivity contribution in [1.29, 1.82) is 0 Å². The van der Waals surface area contributed by atoms with Crippen molar-refractivity contribution in [1.82, 2.24) is 0 Å². The van der Waals surface area contributed by atoms with Gasteiger partial charge in [-0.2, -0.15) is 0 Å². The van der Waals surface area contributed by atoms with E-state index in [-0.39, 0.29) is 0 Å². The molecule has 0 amide bonds. The maximum atomic E-state index is 5.35. The Bertz CT molecular complexity index is 333. The maximum Gasteiger partial charge on any atom is 0.168 e. The number of fused-ring (bicyclic) bond motifs is 1. The standard InChI is InChI=1S/C9H10N2S/c10-9(12)11-8-4-3-6-1-2-7(6)5-8/h3-5H,1-2H2,(H3,10,11,12). The van der Waals surface area contributed by atoms with Crippen molar-refractivity contribution in [3.63, 3.8) is 0 Å². The van der Waals surface area contributed by atoms with Gasteiger partial charge < -0.3 is 11.1 Å². The lowest BCUT2D eigenvalue weighted by Gasteiger charge is -2.19. The van der Waals surface area contributed by atoms with Gasteiger partial charge in [0, 0.05) is 5.69 Å². The highest BCUT2D eigenvalue weighted by Crippen LogP contribution is 2.25. The van der Waals surface area contributed by atoms with Gasteiger partial charge in [0.2, 0.25) is 0 Å². The van der Waals surface area contributed by atoms with Crippen LogP contribution in [0.2, 0.25) is 0 Å². The van der Waals surface area contributed by atoms with Gasteiger partial charge in [-0.15, -0.1) is 0 Å². The molecule has 0 saturated heterocycles. The summed E-state index contributed by atoms with van der Waals surface area (Å²) >= 11 is 4.74. The van der Waals surface area contributed by atoms with Crippen LogP contribution in [0, 0.1) is 0 Å². The zero-order chi connectivity index (χ0) is 8.55. The molecule has 0 radical (unpaired) electrons. The van der Waals surface area contributed by atoms with E-state index in [9.17, 15) is 0 Å². The fourth-order valence-electron chi connectivity index (χ4n) is 1.42. The fourth-order valence-corrected chi connectivity index (χ4v) is 1.53. The largest absolute Gasteiger partial charge is 0.376 e. The Morgan fingerprint density at radius 2 is 2.08 bits per heavy atom. The first-order chi connectivity index (χ1) is 5.75. The minimum absolute atomic E-state index is 0.328. The first-order valence-electron chi connectivity index (χ1n) is 3.94. The Kier molecular flexibility index (Phi) is 1.73. The summed E-state index contributed by atoms with van der Waals surface area (Å²) in [5, 5.41) is 3.24. The van der Waals surface area contributed by atoms with Gasteiger partial charge in [-0.05, 0) is 48.3 Å². The van der Waals surface area contributed by atoms with Crippen LogP contribution in [0.15, 0.2) is 18.2 Å². The number of rotatable bonds is 1. The number of aryl methyl sites for hydroxylation is 2. The van der Waals surface area contributed by atoms with E-state index >= 15 is 0 Å². The molecule has 0 atom stereocenters. The smallest absolute Gasteiger partial charge is 0.168 e. The van der Waals surface area contributed by atoms with Gasteiger partial charge >= 0.3 is 0 Å². The van der Waals surface area contributed by atoms with Crippen LogP contribution in [0.4, 0.5) is 5.69 Å². The average molecular weight is 178 g/mol. The summed E-state index contributed by atoms with van der Waals surface area (Å²) in [6, 6.07) is 6.24. The zero-order valence-electron chi connectivity index (χ0n) is 6.63. The number of hydrogen-bond acceptors (Lipinski definition) is 1. The Morgan fingerprint density at radius 1 is 1.33 bits per heavy atom. The summed E-state index contributed by atoms with van der Waals surface area (Å²) in [7, 11) is 0. The molecule has 3 N–H and O–H groups in total. The second-order valence-electron chi connectivity index (χ2n) is 2.97. The molecule has 0 aromatic heterocycles. The van der Waals surface area contributed by atoms with Gasteiger partial charge in [-0.3, -0.25) is 0 Å². The molecule has 0 bridgehead atoms. The highest BCUT2D eigenvalue weighted by molar-refractivity contribution is 7.80. The van der Waals surface area contributed by atoms with Gasteiger partial charge in [0.25, 0.3) is 0 Å². The van der Waals surface area contributed by atoms with Crippen LogP contribution in [-0.4, -0.2) is 5.11 Å². The van der Waals surface area contributed by atoms with Crippen LogP contribution in [0.1, 0.15) is 11.1 Å². The molecule has 2 nitrogen and oxygen atoms in total. The predicted octanol–water partition coefficient (Wildman–Crippen LogP) is 1.44. The molecule has 0 spiro atoms. The molecule has 1 aliphatic carbocycles. The SMILES string of the molecule is NC(=S)Nc1ccc2c(c1)CC2. The lowest BCUT2D eigenvalue weighted by Crippen LogP contribution is -2.19. The Morgan fingerprint density at radius 3 is 2.58 bits per heavy atom. The van der Waals surface area contributed by atoms with E-state index < -0.39 is 0 Å². The van der Waals surface area contributed by atoms with E-state index in [1.165, 1.54) is 24.0 Å². The van der Waals surface area contributed by atoms with Crippen LogP contribution < -0.4 is 11.1 Å². The molecule has 0 fully saturated rings. The lowest BCUT2D eigenvalue weighted by molar-refractivity contribution is 0.840. The summed E-state index contributed by atoms with van der Waals surface area (Å²) in [4.78, 5) is 0. The van der Waals surface area contributed by atoms with Crippen molar-refractivity contribution >= 4 is 23.0 Å². The topological polar surface area (TPSA) is 38.0 Å². The molecule has 1 aromatic rings. The molecule has 12 heavy (non-hydrogen) atoms. The van der Waals surface area contributed by atoms with Crippen molar-refractivity contribution in [3.8, 4) is 0 Å². The number of nitrogens with two attached hydrogens (primary N) is 1. The summed E-state index contributed by atoms with van der Waals surface area (Å²) in [6.07, 6.45) is 2.39. The molecule has 0 unspecified atom stereocenters. The Hall–Kier alpha value is -1.09. The molecule has 0 saturated carbocycles. The zero-order valence-corrected chi connectivity index (χ0v) is 7.45. The van der Waals surface area contributed by atoms with Crippen molar-refractivity contribution in [2.45, 2.75) is 12.8 Å². The van der Waals surface area contributed by atoms with Gasteiger partial charge in [-0.1, -0.05) is 6.07 Å². The molecular formula is C9H10N2S. The second kappa shape index (κ2) is 2.75. The summed E-state index contributed by atoms with van der Waals surface area (Å²) < 4.78 is 0. The number of hydrogen-bond donors (Lipinski definition) is 2. The highest BCUT2D eigenvalue weighted by atomic mass is 32.1. The van der Waals surface area contributed by atoms with Crippen LogP contribution in [0.5, 0.6) is 0 Å². The van der Waals surface area contributed by atoms with Gasteiger partial charge in [0.05, 0.1) is 0 Å². The van der Waals surface area contributed by atoms with Gasteiger partial charge in [-0.25, -0.2) is 0 Å². The number of nitrogens with one attached hydrogen (secondary N) is 1. The maximum absolute atomic E-state index is 5.35. The number of benzene rings is 1. The molecule has 0 aliphatic heterocycles. The first kappa shape index (κ1) is 7.55. The predicted molar refractivity (Wildman–Crippen MR) is 54.3 cm³/mol. The third-order valence-corrected chi connectivity index (χ3v) is 2.24. The highest BCUT2D eigenvalue weighted by Gasteiger charge is 2.12. The summed E-state index contributed by atoms with van der Waals surface area (Å²) in [6.45, 7) is 0. The minimum atomic E-state index is 0.328. The van der Waals surface area contributed by atoms with Crippen LogP contribution >= 0.6 is 12.2 Å². The average Bonchev–Trinajstić information content (AvgIpc) is 1.94. The van der Waals surface area contributed by atoms with Crippen LogP contribution in [0.3, 0.4) is 0 Å². The van der Waals surface area contributed by atoms with Crippen molar-refractivity contribution in [2.24, 2.45) is 5.73 Å². The quantitative estimate of drug-likeness (QED) is 0.639. The lowest BCUT2D eigenvalue weighted by atomic mass is 9.88. The first-order valence-corrected chi connectivity index (χ1v) is 4.35. The van der Waals surface area contributed by atoms with E-state index in [1.807, 2.05) is 6.07 Å². The van der Waals surface area contributed by atoms with E-state index in [0.717, 1.165) is 5.69 Å². The summed E-state index contributed by atoms with van der Waals surface area (Å²) in [5.74, 6) is 0. The number of anilines is 1. The van der Waals surface area contributed by atoms with Gasteiger partial charge in [0.1, 0.15) is 0 Å². The summed E-state index contributed by atoms with van der Waals surface area (Å²) in [5.41, 5.74) is 9.21. The van der Waals surface area contributed by atoms with Crippen molar-refractivity contribution in [3.05, 3.63) is 29.3 Å². The molecule has 3 heteroatoms. The van der Waals surface area contributed by atoms with Crippen LogP contribution in [0.25, 0.3) is 0 Å². The second-order valence-corrected chi connectivity index (χ2v) is 3.41. The normalized spacial score (nSPS) is 13.0. The van der Waals surface area contributed by atoms with Gasteiger partial charge in [0.15, 0.2) is 5.11 Å². The third kappa shape index (κ3) is 1.28. The molecule has 2 rings (SSSR count). The van der Waals surface area contributed by atoms with E-state index in [4.69, 9.17) is 18.0 Å². The van der Waals surface area contributed by atoms with E-state index in [1.54, 1.807) is 0 Å². The monoisotopic (exact) mass is 178 g/mol. The number of thiocarbonyl (C=S) groups is 1. The molecule has 1 aromatic carbocycles. The molecular weight excluding hydrogens is 168 g/mol. The molecule has 62 valence electrons. The van der Waals surface area contributed by atoms with Crippen molar-refractivity contribution in [2.75, 3.05) is 5.32 Å². The molecule has 0 heterocycles. The van der Waals surface area contributed by atoms with Crippen molar-refractivity contribution < 1.29 is 0 Å². The van der Waals surface area contributed by atoms with E-state index in [2.05, 4.69) is 17.4 Å².